The van der Waals surface area contributed by atoms with Gasteiger partial charge in [0.05, 0.1) is 17.9 Å². The Morgan fingerprint density at radius 1 is 0.919 bits per heavy atom. The normalized spacial score (nSPS) is 16.0. The zero-order chi connectivity index (χ0) is 26.3. The fraction of sp³-hybridized carbons (Fsp3) is 0.259. The molecular formula is C27H29N3O6S. The lowest BCUT2D eigenvalue weighted by Crippen LogP contribution is -2.43. The molecule has 0 aliphatic carbocycles. The highest BCUT2D eigenvalue weighted by molar-refractivity contribution is 7.89. The van der Waals surface area contributed by atoms with Crippen LogP contribution in [0.4, 0.5) is 16.2 Å². The molecule has 0 unspecified atom stereocenters. The van der Waals surface area contributed by atoms with E-state index in [-0.39, 0.29) is 17.3 Å². The first-order valence-electron chi connectivity index (χ1n) is 11.9. The summed E-state index contributed by atoms with van der Waals surface area (Å²) in [6, 6.07) is 22.8. The molecular weight excluding hydrogens is 494 g/mol. The zero-order valence-electron chi connectivity index (χ0n) is 20.4. The summed E-state index contributed by atoms with van der Waals surface area (Å²) in [5, 5.41) is 5.37. The van der Waals surface area contributed by atoms with Gasteiger partial charge in [-0.1, -0.05) is 30.3 Å². The van der Waals surface area contributed by atoms with Crippen molar-refractivity contribution in [3.8, 4) is 5.75 Å². The summed E-state index contributed by atoms with van der Waals surface area (Å²) in [7, 11) is -2.55. The Morgan fingerprint density at radius 2 is 1.57 bits per heavy atom. The third-order valence-electron chi connectivity index (χ3n) is 6.05. The van der Waals surface area contributed by atoms with Gasteiger partial charge in [0.1, 0.15) is 12.4 Å². The first-order chi connectivity index (χ1) is 17.8. The largest absolute Gasteiger partial charge is 0.489 e. The summed E-state index contributed by atoms with van der Waals surface area (Å²) in [6.07, 6.45) is 0.527. The summed E-state index contributed by atoms with van der Waals surface area (Å²) in [5.41, 5.74) is 2.09. The van der Waals surface area contributed by atoms with E-state index in [0.29, 0.717) is 43.1 Å². The average Bonchev–Trinajstić information content (AvgIpc) is 2.93. The minimum absolute atomic E-state index is 0.0919. The molecule has 1 fully saturated rings. The standard InChI is InChI=1S/C27H29N3O6S/c1-35-27(32)29-23-11-15-25(16-12-23)37(33,34)30-17-5-8-21(18-30)26(31)28-22-9-13-24(14-10-22)36-19-20-6-3-2-4-7-20/h2-4,6-7,9-16,21H,5,8,17-19H2,1H3,(H,28,31)(H,29,32)/t21-/m0/s1. The fourth-order valence-corrected chi connectivity index (χ4v) is 5.55. The first-order valence-corrected chi connectivity index (χ1v) is 13.3. The van der Waals surface area contributed by atoms with Crippen molar-refractivity contribution in [1.82, 2.24) is 4.31 Å². The average molecular weight is 524 g/mol. The molecule has 0 radical (unpaired) electrons. The van der Waals surface area contributed by atoms with Crippen molar-refractivity contribution in [3.63, 3.8) is 0 Å². The number of ether oxygens (including phenoxy) is 2. The van der Waals surface area contributed by atoms with Gasteiger partial charge in [-0.05, 0) is 66.9 Å². The highest BCUT2D eigenvalue weighted by atomic mass is 32.2. The summed E-state index contributed by atoms with van der Waals surface area (Å²) in [6.45, 7) is 0.875. The van der Waals surface area contributed by atoms with Gasteiger partial charge >= 0.3 is 6.09 Å². The first kappa shape index (κ1) is 26.2. The number of amides is 2. The summed E-state index contributed by atoms with van der Waals surface area (Å²) < 4.78 is 38.0. The summed E-state index contributed by atoms with van der Waals surface area (Å²) >= 11 is 0. The van der Waals surface area contributed by atoms with Gasteiger partial charge in [0.25, 0.3) is 0 Å². The Hall–Kier alpha value is -3.89. The second-order valence-electron chi connectivity index (χ2n) is 8.63. The predicted molar refractivity (Wildman–Crippen MR) is 140 cm³/mol. The number of anilines is 2. The van der Waals surface area contributed by atoms with Crippen molar-refractivity contribution >= 4 is 33.4 Å². The molecule has 9 nitrogen and oxygen atoms in total. The number of nitrogens with one attached hydrogen (secondary N) is 2. The Balaban J connectivity index is 1.33. The van der Waals surface area contributed by atoms with Gasteiger partial charge in [-0.25, -0.2) is 13.2 Å². The molecule has 1 atom stereocenters. The Bertz CT molecular complexity index is 1310. The molecule has 194 valence electrons. The minimum atomic E-state index is -3.79. The molecule has 0 aromatic heterocycles. The number of rotatable bonds is 8. The highest BCUT2D eigenvalue weighted by Crippen LogP contribution is 2.26. The van der Waals surface area contributed by atoms with E-state index in [9.17, 15) is 18.0 Å². The van der Waals surface area contributed by atoms with E-state index in [1.54, 1.807) is 24.3 Å². The van der Waals surface area contributed by atoms with Crippen LogP contribution in [0.3, 0.4) is 0 Å². The fourth-order valence-electron chi connectivity index (χ4n) is 4.02. The maximum absolute atomic E-state index is 13.2. The van der Waals surface area contributed by atoms with E-state index in [1.165, 1.54) is 35.7 Å². The molecule has 10 heteroatoms. The lowest BCUT2D eigenvalue weighted by atomic mass is 9.99. The second-order valence-corrected chi connectivity index (χ2v) is 10.6. The van der Waals surface area contributed by atoms with Crippen LogP contribution in [0.25, 0.3) is 0 Å². The number of carbonyl (C=O) groups excluding carboxylic acids is 2. The van der Waals surface area contributed by atoms with Gasteiger partial charge in [-0.2, -0.15) is 4.31 Å². The number of hydrogen-bond donors (Lipinski definition) is 2. The van der Waals surface area contributed by atoms with Crippen molar-refractivity contribution in [1.29, 1.82) is 0 Å². The molecule has 37 heavy (non-hydrogen) atoms. The molecule has 3 aromatic rings. The van der Waals surface area contributed by atoms with E-state index in [2.05, 4.69) is 15.4 Å². The quantitative estimate of drug-likeness (QED) is 0.450. The smallest absolute Gasteiger partial charge is 0.411 e. The third kappa shape index (κ3) is 6.87. The van der Waals surface area contributed by atoms with Crippen LogP contribution < -0.4 is 15.4 Å². The van der Waals surface area contributed by atoms with Gasteiger partial charge in [-0.15, -0.1) is 0 Å². The lowest BCUT2D eigenvalue weighted by Gasteiger charge is -2.31. The summed E-state index contributed by atoms with van der Waals surface area (Å²) in [4.78, 5) is 24.4. The molecule has 0 bridgehead atoms. The van der Waals surface area contributed by atoms with E-state index >= 15 is 0 Å². The Kier molecular flexibility index (Phi) is 8.42. The summed E-state index contributed by atoms with van der Waals surface area (Å²) in [5.74, 6) is -0.0159. The van der Waals surface area contributed by atoms with Crippen molar-refractivity contribution in [3.05, 3.63) is 84.4 Å². The van der Waals surface area contributed by atoms with E-state index in [4.69, 9.17) is 4.74 Å². The van der Waals surface area contributed by atoms with Crippen molar-refractivity contribution in [2.24, 2.45) is 5.92 Å². The van der Waals surface area contributed by atoms with Crippen LogP contribution in [0.15, 0.2) is 83.8 Å². The van der Waals surface area contributed by atoms with Gasteiger partial charge in [0, 0.05) is 24.5 Å². The SMILES string of the molecule is COC(=O)Nc1ccc(S(=O)(=O)N2CCC[C@H](C(=O)Nc3ccc(OCc4ccccc4)cc3)C2)cc1. The second kappa shape index (κ2) is 11.9. The molecule has 2 amide bonds. The molecule has 1 heterocycles. The van der Waals surface area contributed by atoms with Crippen LogP contribution >= 0.6 is 0 Å². The van der Waals surface area contributed by atoms with Crippen LogP contribution in [0.5, 0.6) is 5.75 Å². The van der Waals surface area contributed by atoms with Crippen LogP contribution in [-0.4, -0.2) is 44.9 Å². The molecule has 1 aliphatic heterocycles. The number of benzene rings is 3. The van der Waals surface area contributed by atoms with Crippen molar-refractivity contribution in [2.75, 3.05) is 30.8 Å². The van der Waals surface area contributed by atoms with Gasteiger partial charge in [0.15, 0.2) is 0 Å². The molecule has 1 aliphatic rings. The number of hydrogen-bond acceptors (Lipinski definition) is 6. The number of methoxy groups -OCH3 is 1. The Labute approximate surface area is 216 Å². The Morgan fingerprint density at radius 3 is 2.24 bits per heavy atom. The maximum atomic E-state index is 13.2. The lowest BCUT2D eigenvalue weighted by molar-refractivity contribution is -0.120. The number of carbonyl (C=O) groups is 2. The number of sulfonamides is 1. The van der Waals surface area contributed by atoms with Crippen molar-refractivity contribution in [2.45, 2.75) is 24.3 Å². The van der Waals surface area contributed by atoms with Crippen LogP contribution in [0.1, 0.15) is 18.4 Å². The topological polar surface area (TPSA) is 114 Å². The monoisotopic (exact) mass is 523 g/mol. The minimum Gasteiger partial charge on any atom is -0.489 e. The van der Waals surface area contributed by atoms with Gasteiger partial charge in [0.2, 0.25) is 15.9 Å². The molecule has 0 saturated carbocycles. The van der Waals surface area contributed by atoms with Gasteiger partial charge < -0.3 is 14.8 Å². The zero-order valence-corrected chi connectivity index (χ0v) is 21.2. The van der Waals surface area contributed by atoms with Crippen LogP contribution in [0.2, 0.25) is 0 Å². The van der Waals surface area contributed by atoms with E-state index in [0.717, 1.165) is 5.56 Å². The third-order valence-corrected chi connectivity index (χ3v) is 7.93. The highest BCUT2D eigenvalue weighted by Gasteiger charge is 2.33. The number of nitrogens with zero attached hydrogens (tertiary/aromatic N) is 1. The van der Waals surface area contributed by atoms with E-state index in [1.807, 2.05) is 30.3 Å². The predicted octanol–water partition coefficient (Wildman–Crippen LogP) is 4.48. The van der Waals surface area contributed by atoms with Gasteiger partial charge in [-0.3, -0.25) is 10.1 Å². The molecule has 2 N–H and O–H groups in total. The molecule has 4 rings (SSSR count). The van der Waals surface area contributed by atoms with Crippen molar-refractivity contribution < 1.29 is 27.5 Å². The van der Waals surface area contributed by atoms with Crippen LogP contribution in [-0.2, 0) is 26.2 Å². The molecule has 1 saturated heterocycles. The number of piperidine rings is 1. The van der Waals surface area contributed by atoms with E-state index < -0.39 is 22.0 Å². The molecule has 3 aromatic carbocycles. The van der Waals surface area contributed by atoms with Crippen LogP contribution in [0, 0.1) is 5.92 Å². The maximum Gasteiger partial charge on any atom is 0.411 e. The molecule has 0 spiro atoms.